The zero-order valence-corrected chi connectivity index (χ0v) is 14.1. The summed E-state index contributed by atoms with van der Waals surface area (Å²) in [5.41, 5.74) is 2.74. The molecule has 0 saturated carbocycles. The van der Waals surface area contributed by atoms with Gasteiger partial charge in [0.15, 0.2) is 11.7 Å². The Labute approximate surface area is 149 Å². The molecule has 0 unspecified atom stereocenters. The number of morpholine rings is 1. The Balaban J connectivity index is 1.55. The fourth-order valence-electron chi connectivity index (χ4n) is 3.48. The molecule has 1 saturated heterocycles. The lowest BCUT2D eigenvalue weighted by atomic mass is 10.1. The number of rotatable bonds is 2. The Morgan fingerprint density at radius 3 is 2.73 bits per heavy atom. The Kier molecular flexibility index (Phi) is 3.50. The van der Waals surface area contributed by atoms with Crippen molar-refractivity contribution in [1.29, 1.82) is 0 Å². The molecular weight excluding hydrogens is 328 g/mol. The second kappa shape index (κ2) is 6.00. The number of ether oxygens (including phenoxy) is 1. The van der Waals surface area contributed by atoms with E-state index in [1.165, 1.54) is 0 Å². The summed E-state index contributed by atoms with van der Waals surface area (Å²) < 4.78 is 5.42. The standard InChI is InChI=1S/C20H18N4O2/c25-20-15(14-3-1-2-4-16(14)23-20)12-19-21-17-6-5-13(11-18(17)22-19)24-7-9-26-10-8-24/h1-6,11-12,23,25H,7-10H2/b19-12+. The van der Waals surface area contributed by atoms with Crippen LogP contribution in [0.2, 0.25) is 0 Å². The second-order valence-corrected chi connectivity index (χ2v) is 6.43. The van der Waals surface area contributed by atoms with Crippen molar-refractivity contribution in [2.45, 2.75) is 0 Å². The SMILES string of the molecule is Oc1[nH]c2ccccc2c1/C=C1\N=c2ccc(N3CCOCC3)cc2=N1. The summed E-state index contributed by atoms with van der Waals surface area (Å²) in [5.74, 6) is 0.730. The van der Waals surface area contributed by atoms with Gasteiger partial charge in [-0.1, -0.05) is 18.2 Å². The molecule has 5 rings (SSSR count). The Bertz CT molecular complexity index is 1140. The maximum Gasteiger partial charge on any atom is 0.197 e. The van der Waals surface area contributed by atoms with Gasteiger partial charge in [-0.2, -0.15) is 0 Å². The van der Waals surface area contributed by atoms with Crippen LogP contribution in [0.25, 0.3) is 17.0 Å². The molecule has 0 bridgehead atoms. The lowest BCUT2D eigenvalue weighted by molar-refractivity contribution is 0.122. The maximum atomic E-state index is 10.2. The van der Waals surface area contributed by atoms with E-state index in [2.05, 4.69) is 32.0 Å². The van der Waals surface area contributed by atoms with Crippen LogP contribution in [0.15, 0.2) is 58.3 Å². The first-order valence-electron chi connectivity index (χ1n) is 8.69. The summed E-state index contributed by atoms with van der Waals surface area (Å²) in [4.78, 5) is 14.5. The van der Waals surface area contributed by atoms with E-state index in [0.29, 0.717) is 11.4 Å². The number of para-hydroxylation sites is 1. The minimum atomic E-state index is 0.133. The van der Waals surface area contributed by atoms with Gasteiger partial charge in [-0.3, -0.25) is 0 Å². The molecule has 3 heterocycles. The molecule has 26 heavy (non-hydrogen) atoms. The number of fused-ring (bicyclic) bond motifs is 2. The zero-order valence-electron chi connectivity index (χ0n) is 14.1. The normalized spacial score (nSPS) is 18.0. The molecule has 3 aromatic rings. The first-order valence-corrected chi connectivity index (χ1v) is 8.69. The van der Waals surface area contributed by atoms with Gasteiger partial charge in [0.25, 0.3) is 0 Å². The molecule has 1 aromatic heterocycles. The molecule has 2 aromatic carbocycles. The van der Waals surface area contributed by atoms with Crippen LogP contribution in [0.1, 0.15) is 5.56 Å². The van der Waals surface area contributed by atoms with Crippen LogP contribution in [0.3, 0.4) is 0 Å². The van der Waals surface area contributed by atoms with Crippen molar-refractivity contribution in [2.75, 3.05) is 31.2 Å². The number of aromatic amines is 1. The average Bonchev–Trinajstić information content (AvgIpc) is 3.22. The molecule has 0 atom stereocenters. The van der Waals surface area contributed by atoms with E-state index in [9.17, 15) is 5.11 Å². The third-order valence-electron chi connectivity index (χ3n) is 4.80. The minimum absolute atomic E-state index is 0.133. The van der Waals surface area contributed by atoms with Gasteiger partial charge in [-0.25, -0.2) is 9.98 Å². The molecule has 0 radical (unpaired) electrons. The van der Waals surface area contributed by atoms with Crippen LogP contribution in [0.4, 0.5) is 5.69 Å². The molecule has 6 nitrogen and oxygen atoms in total. The van der Waals surface area contributed by atoms with E-state index >= 15 is 0 Å². The lowest BCUT2D eigenvalue weighted by Crippen LogP contribution is -2.37. The molecule has 2 aliphatic heterocycles. The number of anilines is 1. The van der Waals surface area contributed by atoms with Crippen molar-refractivity contribution in [1.82, 2.24) is 4.98 Å². The number of nitrogens with one attached hydrogen (secondary N) is 1. The highest BCUT2D eigenvalue weighted by Crippen LogP contribution is 2.29. The Morgan fingerprint density at radius 1 is 1.04 bits per heavy atom. The number of benzene rings is 2. The third kappa shape index (κ3) is 2.55. The van der Waals surface area contributed by atoms with Gasteiger partial charge in [-0.05, 0) is 30.3 Å². The summed E-state index contributed by atoms with van der Waals surface area (Å²) in [5, 5.41) is 12.9. The van der Waals surface area contributed by atoms with Gasteiger partial charge in [-0.15, -0.1) is 0 Å². The van der Waals surface area contributed by atoms with Crippen molar-refractivity contribution in [3.63, 3.8) is 0 Å². The van der Waals surface area contributed by atoms with E-state index in [4.69, 9.17) is 4.74 Å². The van der Waals surface area contributed by atoms with E-state index in [0.717, 1.165) is 53.6 Å². The fraction of sp³-hybridized carbons (Fsp3) is 0.200. The number of hydrogen-bond acceptors (Lipinski definition) is 5. The van der Waals surface area contributed by atoms with Crippen LogP contribution in [0.5, 0.6) is 5.88 Å². The monoisotopic (exact) mass is 346 g/mol. The summed E-state index contributed by atoms with van der Waals surface area (Å²) in [6.07, 6.45) is 1.82. The zero-order chi connectivity index (χ0) is 17.5. The van der Waals surface area contributed by atoms with Crippen molar-refractivity contribution < 1.29 is 9.84 Å². The number of hydrogen-bond donors (Lipinski definition) is 2. The maximum absolute atomic E-state index is 10.2. The van der Waals surface area contributed by atoms with Crippen LogP contribution in [-0.2, 0) is 4.74 Å². The highest BCUT2D eigenvalue weighted by Gasteiger charge is 2.14. The van der Waals surface area contributed by atoms with Crippen molar-refractivity contribution in [3.8, 4) is 5.88 Å². The third-order valence-corrected chi connectivity index (χ3v) is 4.80. The van der Waals surface area contributed by atoms with E-state index < -0.39 is 0 Å². The van der Waals surface area contributed by atoms with Crippen LogP contribution < -0.4 is 15.6 Å². The summed E-state index contributed by atoms with van der Waals surface area (Å²) >= 11 is 0. The molecule has 0 amide bonds. The smallest absolute Gasteiger partial charge is 0.197 e. The topological polar surface area (TPSA) is 73.2 Å². The first-order chi connectivity index (χ1) is 12.8. The van der Waals surface area contributed by atoms with E-state index in [1.807, 2.05) is 36.4 Å². The average molecular weight is 346 g/mol. The highest BCUT2D eigenvalue weighted by atomic mass is 16.5. The number of nitrogens with zero attached hydrogens (tertiary/aromatic N) is 3. The van der Waals surface area contributed by atoms with E-state index in [-0.39, 0.29) is 5.88 Å². The van der Waals surface area contributed by atoms with Gasteiger partial charge >= 0.3 is 0 Å². The van der Waals surface area contributed by atoms with Gasteiger partial charge in [0.1, 0.15) is 0 Å². The molecule has 6 heteroatoms. The van der Waals surface area contributed by atoms with Crippen molar-refractivity contribution >= 4 is 22.7 Å². The van der Waals surface area contributed by atoms with Crippen LogP contribution in [-0.4, -0.2) is 36.4 Å². The minimum Gasteiger partial charge on any atom is -0.494 e. The number of aromatic nitrogens is 1. The van der Waals surface area contributed by atoms with Crippen LogP contribution in [0, 0.1) is 0 Å². The van der Waals surface area contributed by atoms with Crippen LogP contribution >= 0.6 is 0 Å². The largest absolute Gasteiger partial charge is 0.494 e. The number of aromatic hydroxyl groups is 1. The van der Waals surface area contributed by atoms with Gasteiger partial charge in [0.2, 0.25) is 0 Å². The molecule has 2 aliphatic rings. The Hall–Kier alpha value is -3.12. The molecule has 0 aliphatic carbocycles. The molecular formula is C20H18N4O2. The second-order valence-electron chi connectivity index (χ2n) is 6.43. The predicted octanol–water partition coefficient (Wildman–Crippen LogP) is 1.96. The van der Waals surface area contributed by atoms with Crippen molar-refractivity contribution in [3.05, 3.63) is 64.6 Å². The van der Waals surface area contributed by atoms with Gasteiger partial charge in [0, 0.05) is 35.2 Å². The molecule has 2 N–H and O–H groups in total. The quantitative estimate of drug-likeness (QED) is 0.745. The summed E-state index contributed by atoms with van der Waals surface area (Å²) in [7, 11) is 0. The molecule has 130 valence electrons. The number of H-pyrrole nitrogens is 1. The Morgan fingerprint density at radius 2 is 1.85 bits per heavy atom. The van der Waals surface area contributed by atoms with Gasteiger partial charge < -0.3 is 19.7 Å². The summed E-state index contributed by atoms with van der Waals surface area (Å²) in [6.45, 7) is 3.29. The fourth-order valence-corrected chi connectivity index (χ4v) is 3.48. The van der Waals surface area contributed by atoms with Gasteiger partial charge in [0.05, 0.1) is 23.9 Å². The predicted molar refractivity (Wildman–Crippen MR) is 99.7 cm³/mol. The summed E-state index contributed by atoms with van der Waals surface area (Å²) in [6, 6.07) is 13.9. The lowest BCUT2D eigenvalue weighted by Gasteiger charge is -2.28. The van der Waals surface area contributed by atoms with Crippen molar-refractivity contribution in [2.24, 2.45) is 9.98 Å². The molecule has 1 fully saturated rings. The van der Waals surface area contributed by atoms with E-state index in [1.54, 1.807) is 0 Å². The highest BCUT2D eigenvalue weighted by molar-refractivity contribution is 5.92. The molecule has 0 spiro atoms. The first kappa shape index (κ1) is 15.2.